The number of carbonyl (C=O) groups is 2. The summed E-state index contributed by atoms with van der Waals surface area (Å²) in [4.78, 5) is 36.5. The van der Waals surface area contributed by atoms with Gasteiger partial charge in [-0.05, 0) is 43.7 Å². The van der Waals surface area contributed by atoms with Gasteiger partial charge in [0.15, 0.2) is 5.17 Å². The predicted octanol–water partition coefficient (Wildman–Crippen LogP) is 5.00. The number of anilines is 1. The van der Waals surface area contributed by atoms with E-state index in [1.165, 1.54) is 17.0 Å². The minimum Gasteiger partial charge on any atom is -0.323 e. The molecule has 160 valence electrons. The molecule has 2 atom stereocenters. The average molecular weight is 459 g/mol. The topological polar surface area (TPSA) is 74.1 Å². The minimum absolute atomic E-state index is 0.0419. The van der Waals surface area contributed by atoms with E-state index in [2.05, 4.69) is 15.3 Å². The van der Waals surface area contributed by atoms with Gasteiger partial charge in [-0.3, -0.25) is 14.6 Å². The van der Waals surface area contributed by atoms with Crippen molar-refractivity contribution in [3.63, 3.8) is 0 Å². The van der Waals surface area contributed by atoms with Gasteiger partial charge in [0, 0.05) is 10.6 Å². The first kappa shape index (κ1) is 21.5. The number of carbonyl (C=O) groups excluding carboxylic acids is 2. The quantitative estimate of drug-likeness (QED) is 0.685. The molecule has 0 spiro atoms. The third-order valence-electron chi connectivity index (χ3n) is 4.95. The highest BCUT2D eigenvalue weighted by Crippen LogP contribution is 2.35. The molecule has 2 aliphatic heterocycles. The maximum Gasteiger partial charge on any atom is 0.259 e. The smallest absolute Gasteiger partial charge is 0.259 e. The van der Waals surface area contributed by atoms with E-state index in [0.29, 0.717) is 23.1 Å². The van der Waals surface area contributed by atoms with Gasteiger partial charge in [-0.1, -0.05) is 48.8 Å². The number of rotatable bonds is 5. The second kappa shape index (κ2) is 8.80. The Morgan fingerprint density at radius 3 is 2.84 bits per heavy atom. The van der Waals surface area contributed by atoms with Gasteiger partial charge in [0.2, 0.25) is 5.91 Å². The molecule has 2 aliphatic rings. The van der Waals surface area contributed by atoms with E-state index >= 15 is 0 Å². The van der Waals surface area contributed by atoms with E-state index in [1.54, 1.807) is 6.92 Å². The highest BCUT2D eigenvalue weighted by molar-refractivity contribution is 8.15. The molecule has 4 rings (SSSR count). The van der Waals surface area contributed by atoms with Crippen LogP contribution >= 0.6 is 23.4 Å². The van der Waals surface area contributed by atoms with Gasteiger partial charge in [-0.25, -0.2) is 14.3 Å². The fourth-order valence-electron chi connectivity index (χ4n) is 3.38. The average Bonchev–Trinajstić information content (AvgIpc) is 3.07. The Morgan fingerprint density at radius 2 is 2.10 bits per heavy atom. The summed E-state index contributed by atoms with van der Waals surface area (Å²) in [5.74, 6) is -0.613. The number of fused-ring (bicyclic) bond motifs is 3. The molecule has 0 saturated heterocycles. The second-order valence-corrected chi connectivity index (χ2v) is 8.96. The summed E-state index contributed by atoms with van der Waals surface area (Å²) in [7, 11) is 0. The largest absolute Gasteiger partial charge is 0.323 e. The Morgan fingerprint density at radius 1 is 1.32 bits per heavy atom. The van der Waals surface area contributed by atoms with Crippen molar-refractivity contribution in [1.82, 2.24) is 4.90 Å². The molecule has 2 amide bonds. The summed E-state index contributed by atoms with van der Waals surface area (Å²) in [5, 5.41) is 2.56. The van der Waals surface area contributed by atoms with Crippen LogP contribution in [-0.2, 0) is 9.59 Å². The summed E-state index contributed by atoms with van der Waals surface area (Å²) in [5.41, 5.74) is 1.53. The van der Waals surface area contributed by atoms with Gasteiger partial charge in [0.1, 0.15) is 17.7 Å². The number of amidine groups is 2. The van der Waals surface area contributed by atoms with Crippen molar-refractivity contribution >= 4 is 57.6 Å². The van der Waals surface area contributed by atoms with E-state index in [0.717, 1.165) is 29.8 Å². The van der Waals surface area contributed by atoms with Crippen LogP contribution in [0.15, 0.2) is 52.4 Å². The molecule has 0 aliphatic carbocycles. The van der Waals surface area contributed by atoms with Crippen molar-refractivity contribution in [2.45, 2.75) is 38.0 Å². The Labute approximate surface area is 188 Å². The second-order valence-electron chi connectivity index (χ2n) is 7.22. The maximum atomic E-state index is 14.0. The molecular formula is C22H20ClFN4O2S. The van der Waals surface area contributed by atoms with Crippen molar-refractivity contribution in [2.75, 3.05) is 5.32 Å². The number of thioether (sulfide) groups is 1. The Balaban J connectivity index is 1.58. The van der Waals surface area contributed by atoms with Crippen LogP contribution in [0.1, 0.15) is 32.3 Å². The molecule has 1 N–H and O–H groups in total. The molecule has 31 heavy (non-hydrogen) atoms. The third-order valence-corrected chi connectivity index (χ3v) is 6.24. The van der Waals surface area contributed by atoms with Crippen LogP contribution < -0.4 is 5.32 Å². The van der Waals surface area contributed by atoms with Crippen molar-refractivity contribution in [3.05, 3.63) is 58.9 Å². The van der Waals surface area contributed by atoms with Crippen LogP contribution in [0.4, 0.5) is 15.8 Å². The first-order chi connectivity index (χ1) is 14.9. The van der Waals surface area contributed by atoms with Gasteiger partial charge in [0.25, 0.3) is 5.91 Å². The molecule has 2 aromatic rings. The van der Waals surface area contributed by atoms with Gasteiger partial charge in [0.05, 0.1) is 16.6 Å². The molecule has 6 nitrogen and oxygen atoms in total. The van der Waals surface area contributed by atoms with Crippen LogP contribution in [0.3, 0.4) is 0 Å². The van der Waals surface area contributed by atoms with Gasteiger partial charge in [-0.2, -0.15) is 0 Å². The van der Waals surface area contributed by atoms with E-state index in [-0.39, 0.29) is 16.6 Å². The molecule has 0 unspecified atom stereocenters. The van der Waals surface area contributed by atoms with Crippen LogP contribution in [0.2, 0.25) is 5.02 Å². The molecule has 0 bridgehead atoms. The van der Waals surface area contributed by atoms with E-state index in [9.17, 15) is 14.0 Å². The zero-order valence-electron chi connectivity index (χ0n) is 16.9. The zero-order chi connectivity index (χ0) is 22.1. The molecular weight excluding hydrogens is 439 g/mol. The first-order valence-corrected chi connectivity index (χ1v) is 11.2. The molecule has 0 fully saturated rings. The normalized spacial score (nSPS) is 18.1. The Kier molecular flexibility index (Phi) is 6.11. The number of nitrogens with one attached hydrogen (secondary N) is 1. The molecule has 2 aromatic carbocycles. The number of aliphatic imine (C=N–C) groups is 2. The van der Waals surface area contributed by atoms with E-state index in [1.807, 2.05) is 31.2 Å². The Hall–Kier alpha value is -2.71. The summed E-state index contributed by atoms with van der Waals surface area (Å²) >= 11 is 6.90. The van der Waals surface area contributed by atoms with Gasteiger partial charge < -0.3 is 5.32 Å². The maximum absolute atomic E-state index is 14.0. The number of halogens is 2. The number of amides is 2. The highest BCUT2D eigenvalue weighted by atomic mass is 35.5. The number of benzene rings is 2. The van der Waals surface area contributed by atoms with Crippen molar-refractivity contribution in [1.29, 1.82) is 0 Å². The van der Waals surface area contributed by atoms with Crippen molar-refractivity contribution in [3.8, 4) is 0 Å². The Bertz CT molecular complexity index is 1120. The summed E-state index contributed by atoms with van der Waals surface area (Å²) in [6, 6.07) is 11.1. The SMILES string of the molecule is CCC[C@H]1N=C2c3ccccc3N=C(S[C@H](C)C(=O)Nc3ccc(Cl)cc3F)N2C1=O. The first-order valence-electron chi connectivity index (χ1n) is 9.91. The minimum atomic E-state index is -0.640. The predicted molar refractivity (Wildman–Crippen MR) is 123 cm³/mol. The summed E-state index contributed by atoms with van der Waals surface area (Å²) in [6.45, 7) is 3.68. The lowest BCUT2D eigenvalue weighted by molar-refractivity contribution is -0.124. The zero-order valence-corrected chi connectivity index (χ0v) is 18.5. The van der Waals surface area contributed by atoms with Gasteiger partial charge >= 0.3 is 0 Å². The standard InChI is InChI=1S/C22H20ClFN4O2S/c1-3-6-18-21(30)28-19(25-18)14-7-4-5-8-16(14)27-22(28)31-12(2)20(29)26-17-10-9-13(23)11-15(17)24/h4-5,7-12,18H,3,6H2,1-2H3,(H,26,29)/t12-,18-/m1/s1. The van der Waals surface area contributed by atoms with E-state index in [4.69, 9.17) is 11.6 Å². The summed E-state index contributed by atoms with van der Waals surface area (Å²) < 4.78 is 14.0. The lowest BCUT2D eigenvalue weighted by atomic mass is 10.1. The fourth-order valence-corrected chi connectivity index (χ4v) is 4.45. The van der Waals surface area contributed by atoms with Crippen molar-refractivity contribution in [2.24, 2.45) is 9.98 Å². The molecule has 0 saturated carbocycles. The highest BCUT2D eigenvalue weighted by Gasteiger charge is 2.41. The number of para-hydroxylation sites is 1. The molecule has 9 heteroatoms. The summed E-state index contributed by atoms with van der Waals surface area (Å²) in [6.07, 6.45) is 1.47. The number of nitrogens with zero attached hydrogens (tertiary/aromatic N) is 3. The molecule has 0 aromatic heterocycles. The number of hydrogen-bond donors (Lipinski definition) is 1. The van der Waals surface area contributed by atoms with Crippen LogP contribution in [-0.4, -0.2) is 39.0 Å². The molecule has 0 radical (unpaired) electrons. The van der Waals surface area contributed by atoms with E-state index < -0.39 is 23.0 Å². The van der Waals surface area contributed by atoms with Crippen LogP contribution in [0, 0.1) is 5.82 Å². The monoisotopic (exact) mass is 458 g/mol. The van der Waals surface area contributed by atoms with Crippen molar-refractivity contribution < 1.29 is 14.0 Å². The lowest BCUT2D eigenvalue weighted by Gasteiger charge is -2.26. The fraction of sp³-hybridized carbons (Fsp3) is 0.273. The van der Waals surface area contributed by atoms with Crippen LogP contribution in [0.5, 0.6) is 0 Å². The molecule has 2 heterocycles. The lowest BCUT2D eigenvalue weighted by Crippen LogP contribution is -2.42. The van der Waals surface area contributed by atoms with Crippen LogP contribution in [0.25, 0.3) is 0 Å². The third kappa shape index (κ3) is 4.22. The van der Waals surface area contributed by atoms with Gasteiger partial charge in [-0.15, -0.1) is 0 Å². The number of hydrogen-bond acceptors (Lipinski definition) is 5.